The zero-order valence-electron chi connectivity index (χ0n) is 19.2. The molecule has 0 unspecified atom stereocenters. The molecular weight excluding hydrogens is 455 g/mol. The first-order chi connectivity index (χ1) is 16.3. The molecule has 3 aromatic rings. The molecular formula is C27H28ClFN2O3. The third-order valence-electron chi connectivity index (χ3n) is 5.16. The van der Waals surface area contributed by atoms with Crippen LogP contribution >= 0.6 is 11.6 Å². The summed E-state index contributed by atoms with van der Waals surface area (Å²) in [6, 6.07) is 21.6. The van der Waals surface area contributed by atoms with Crippen molar-refractivity contribution in [3.63, 3.8) is 0 Å². The van der Waals surface area contributed by atoms with Crippen LogP contribution in [0.2, 0.25) is 5.02 Å². The minimum absolute atomic E-state index is 0.0199. The van der Waals surface area contributed by atoms with E-state index in [1.54, 1.807) is 36.4 Å². The maximum atomic E-state index is 14.0. The Morgan fingerprint density at radius 3 is 2.24 bits per heavy atom. The fraction of sp³-hybridized carbons (Fsp3) is 0.259. The lowest BCUT2D eigenvalue weighted by atomic mass is 10.0. The molecule has 3 rings (SSSR count). The molecule has 3 aromatic carbocycles. The summed E-state index contributed by atoms with van der Waals surface area (Å²) in [4.78, 5) is 28.1. The lowest BCUT2D eigenvalue weighted by Gasteiger charge is -2.32. The van der Waals surface area contributed by atoms with E-state index < -0.39 is 24.4 Å². The first-order valence-electron chi connectivity index (χ1n) is 11.1. The van der Waals surface area contributed by atoms with Gasteiger partial charge in [-0.05, 0) is 49.2 Å². The maximum Gasteiger partial charge on any atom is 0.261 e. The lowest BCUT2D eigenvalue weighted by Crippen LogP contribution is -2.52. The second-order valence-electron chi connectivity index (χ2n) is 8.24. The Balaban J connectivity index is 1.91. The van der Waals surface area contributed by atoms with Crippen LogP contribution in [0.5, 0.6) is 5.75 Å². The third-order valence-corrected chi connectivity index (χ3v) is 5.41. The molecule has 5 nitrogen and oxygen atoms in total. The van der Waals surface area contributed by atoms with Crippen molar-refractivity contribution in [3.8, 4) is 5.75 Å². The van der Waals surface area contributed by atoms with Crippen LogP contribution in [-0.2, 0) is 22.6 Å². The monoisotopic (exact) mass is 482 g/mol. The van der Waals surface area contributed by atoms with Crippen LogP contribution in [0.15, 0.2) is 78.9 Å². The van der Waals surface area contributed by atoms with Gasteiger partial charge in [-0.15, -0.1) is 0 Å². The fourth-order valence-corrected chi connectivity index (χ4v) is 3.63. The Hall–Kier alpha value is -3.38. The number of carbonyl (C=O) groups is 2. The van der Waals surface area contributed by atoms with Crippen LogP contribution in [-0.4, -0.2) is 35.4 Å². The number of rotatable bonds is 10. The number of hydrogen-bond acceptors (Lipinski definition) is 3. The van der Waals surface area contributed by atoms with Gasteiger partial charge in [-0.3, -0.25) is 9.59 Å². The fourth-order valence-electron chi connectivity index (χ4n) is 3.51. The van der Waals surface area contributed by atoms with E-state index in [0.29, 0.717) is 11.4 Å². The Morgan fingerprint density at radius 1 is 0.941 bits per heavy atom. The van der Waals surface area contributed by atoms with Crippen molar-refractivity contribution < 1.29 is 18.7 Å². The van der Waals surface area contributed by atoms with E-state index in [1.807, 2.05) is 44.2 Å². The number of halogens is 2. The van der Waals surface area contributed by atoms with Crippen molar-refractivity contribution in [2.45, 2.75) is 38.9 Å². The van der Waals surface area contributed by atoms with Crippen molar-refractivity contribution in [3.05, 3.63) is 101 Å². The molecule has 1 N–H and O–H groups in total. The number of nitrogens with one attached hydrogen (secondary N) is 1. The summed E-state index contributed by atoms with van der Waals surface area (Å²) in [5.74, 6) is -1.28. The van der Waals surface area contributed by atoms with Gasteiger partial charge >= 0.3 is 0 Å². The number of benzene rings is 3. The largest absolute Gasteiger partial charge is 0.481 e. The minimum atomic E-state index is -0.794. The molecule has 0 aliphatic heterocycles. The number of amides is 2. The second-order valence-corrected chi connectivity index (χ2v) is 8.67. The van der Waals surface area contributed by atoms with Gasteiger partial charge in [0.2, 0.25) is 5.91 Å². The zero-order valence-corrected chi connectivity index (χ0v) is 20.0. The molecule has 34 heavy (non-hydrogen) atoms. The Morgan fingerprint density at radius 2 is 1.59 bits per heavy atom. The average Bonchev–Trinajstić information content (AvgIpc) is 2.82. The van der Waals surface area contributed by atoms with Crippen LogP contribution in [0, 0.1) is 5.82 Å². The molecule has 0 saturated carbocycles. The van der Waals surface area contributed by atoms with E-state index in [9.17, 15) is 14.0 Å². The Labute approximate surface area is 204 Å². The van der Waals surface area contributed by atoms with Crippen molar-refractivity contribution in [1.82, 2.24) is 10.2 Å². The maximum absolute atomic E-state index is 14.0. The summed E-state index contributed by atoms with van der Waals surface area (Å²) in [7, 11) is 0. The molecule has 0 saturated heterocycles. The molecule has 1 atom stereocenters. The van der Waals surface area contributed by atoms with E-state index in [4.69, 9.17) is 16.3 Å². The topological polar surface area (TPSA) is 58.6 Å². The van der Waals surface area contributed by atoms with E-state index in [2.05, 4.69) is 5.32 Å². The van der Waals surface area contributed by atoms with Gasteiger partial charge in [0.05, 0.1) is 0 Å². The van der Waals surface area contributed by atoms with Crippen LogP contribution in [0.3, 0.4) is 0 Å². The summed E-state index contributed by atoms with van der Waals surface area (Å²) in [6.45, 7) is 3.49. The van der Waals surface area contributed by atoms with Crippen LogP contribution < -0.4 is 10.1 Å². The summed E-state index contributed by atoms with van der Waals surface area (Å²) >= 11 is 6.02. The van der Waals surface area contributed by atoms with E-state index in [1.165, 1.54) is 17.0 Å². The lowest BCUT2D eigenvalue weighted by molar-refractivity contribution is -0.143. The number of hydrogen-bond donors (Lipinski definition) is 1. The standard InChI is InChI=1S/C27H28ClFN2O3/c1-19(2)30-27(33)24(16-20-8-4-3-5-9-20)31(17-21-12-14-22(28)15-13-21)26(32)18-34-25-11-7-6-10-23(25)29/h3-15,19,24H,16-18H2,1-2H3,(H,30,33)/t24-/m0/s1. The number of nitrogens with zero attached hydrogens (tertiary/aromatic N) is 1. The summed E-state index contributed by atoms with van der Waals surface area (Å²) < 4.78 is 19.5. The van der Waals surface area contributed by atoms with E-state index in [0.717, 1.165) is 11.1 Å². The predicted octanol–water partition coefficient (Wildman–Crippen LogP) is 5.02. The van der Waals surface area contributed by atoms with Crippen molar-refractivity contribution >= 4 is 23.4 Å². The van der Waals surface area contributed by atoms with Crippen molar-refractivity contribution in [2.75, 3.05) is 6.61 Å². The average molecular weight is 483 g/mol. The molecule has 0 fully saturated rings. The quantitative estimate of drug-likeness (QED) is 0.441. The molecule has 2 amide bonds. The molecule has 0 spiro atoms. The molecule has 0 bridgehead atoms. The number of ether oxygens (including phenoxy) is 1. The van der Waals surface area contributed by atoms with E-state index >= 15 is 0 Å². The van der Waals surface area contributed by atoms with E-state index in [-0.39, 0.29) is 24.2 Å². The van der Waals surface area contributed by atoms with Gasteiger partial charge < -0.3 is 15.0 Å². The predicted molar refractivity (Wildman–Crippen MR) is 131 cm³/mol. The van der Waals surface area contributed by atoms with Gasteiger partial charge in [-0.25, -0.2) is 4.39 Å². The van der Waals surface area contributed by atoms with Gasteiger partial charge in [-0.1, -0.05) is 66.2 Å². The summed E-state index contributed by atoms with van der Waals surface area (Å²) in [5, 5.41) is 3.49. The van der Waals surface area contributed by atoms with Gasteiger partial charge in [0.15, 0.2) is 18.2 Å². The molecule has 178 valence electrons. The molecule has 0 radical (unpaired) electrons. The first-order valence-corrected chi connectivity index (χ1v) is 11.5. The molecule has 0 aliphatic rings. The smallest absolute Gasteiger partial charge is 0.261 e. The molecule has 0 aromatic heterocycles. The molecule has 0 heterocycles. The highest BCUT2D eigenvalue weighted by Gasteiger charge is 2.31. The SMILES string of the molecule is CC(C)NC(=O)[C@H](Cc1ccccc1)N(Cc1ccc(Cl)cc1)C(=O)COc1ccccc1F. The van der Waals surface area contributed by atoms with Crippen LogP contribution in [0.4, 0.5) is 4.39 Å². The van der Waals surface area contributed by atoms with Crippen LogP contribution in [0.1, 0.15) is 25.0 Å². The van der Waals surface area contributed by atoms with Crippen molar-refractivity contribution in [2.24, 2.45) is 0 Å². The summed E-state index contributed by atoms with van der Waals surface area (Å²) in [6.07, 6.45) is 0.318. The van der Waals surface area contributed by atoms with Gasteiger partial charge in [0, 0.05) is 24.0 Å². The van der Waals surface area contributed by atoms with Crippen LogP contribution in [0.25, 0.3) is 0 Å². The van der Waals surface area contributed by atoms with Gasteiger partial charge in [-0.2, -0.15) is 0 Å². The molecule has 7 heteroatoms. The summed E-state index contributed by atoms with van der Waals surface area (Å²) in [5.41, 5.74) is 1.72. The van der Waals surface area contributed by atoms with Gasteiger partial charge in [0.25, 0.3) is 5.91 Å². The highest BCUT2D eigenvalue weighted by Crippen LogP contribution is 2.19. The highest BCUT2D eigenvalue weighted by molar-refractivity contribution is 6.30. The second kappa shape index (κ2) is 12.2. The number of para-hydroxylation sites is 1. The highest BCUT2D eigenvalue weighted by atomic mass is 35.5. The number of carbonyl (C=O) groups excluding carboxylic acids is 2. The Bertz CT molecular complexity index is 1090. The molecule has 0 aliphatic carbocycles. The first kappa shape index (κ1) is 25.2. The minimum Gasteiger partial charge on any atom is -0.481 e. The van der Waals surface area contributed by atoms with Crippen molar-refractivity contribution in [1.29, 1.82) is 0 Å². The zero-order chi connectivity index (χ0) is 24.5. The third kappa shape index (κ3) is 7.32. The normalized spacial score (nSPS) is 11.7. The Kier molecular flexibility index (Phi) is 9.05. The van der Waals surface area contributed by atoms with Gasteiger partial charge in [0.1, 0.15) is 6.04 Å².